The van der Waals surface area contributed by atoms with E-state index >= 15 is 0 Å². The van der Waals surface area contributed by atoms with Crippen LogP contribution in [0.4, 0.5) is 0 Å². The van der Waals surface area contributed by atoms with E-state index in [-0.39, 0.29) is 30.2 Å². The zero-order chi connectivity index (χ0) is 22.5. The molecule has 4 unspecified atom stereocenters. The molecule has 0 aliphatic heterocycles. The first-order chi connectivity index (χ1) is 15.3. The number of benzene rings is 1. The largest absolute Gasteiger partial charge is 0.474 e. The molecule has 0 saturated heterocycles. The highest BCUT2D eigenvalue weighted by atomic mass is 32.2. The summed E-state index contributed by atoms with van der Waals surface area (Å²) in [6, 6.07) is 9.90. The summed E-state index contributed by atoms with van der Waals surface area (Å²) in [6.07, 6.45) is 4.99. The number of hydrogen-bond donors (Lipinski definition) is 2. The van der Waals surface area contributed by atoms with E-state index in [0.717, 1.165) is 16.7 Å². The molecule has 6 rings (SSSR count). The van der Waals surface area contributed by atoms with Crippen LogP contribution in [0.15, 0.2) is 44.6 Å². The average Bonchev–Trinajstić information content (AvgIpc) is 3.36. The maximum Gasteiger partial charge on any atom is 0.291 e. The van der Waals surface area contributed by atoms with Crippen molar-refractivity contribution in [1.82, 2.24) is 10.5 Å². The van der Waals surface area contributed by atoms with E-state index < -0.39 is 11.3 Å². The van der Waals surface area contributed by atoms with Crippen molar-refractivity contribution in [3.05, 3.63) is 36.1 Å². The van der Waals surface area contributed by atoms with Crippen LogP contribution < -0.4 is 15.8 Å². The number of nitrogens with two attached hydrogens (primary N) is 1. The van der Waals surface area contributed by atoms with Crippen LogP contribution in [-0.4, -0.2) is 29.6 Å². The maximum absolute atomic E-state index is 13.3. The molecule has 4 bridgehead atoms. The summed E-state index contributed by atoms with van der Waals surface area (Å²) in [5.74, 6) is 2.40. The Labute approximate surface area is 191 Å². The SMILES string of the molecule is CC(C)(COc1noc(C(=O)NC2C3CC4C[C@@H](C3)CC42)c1Sc1ccccc1)C(N)=O. The molecule has 32 heavy (non-hydrogen) atoms. The quantitative estimate of drug-likeness (QED) is 0.625. The number of rotatable bonds is 8. The zero-order valence-corrected chi connectivity index (χ0v) is 19.2. The third kappa shape index (κ3) is 3.89. The summed E-state index contributed by atoms with van der Waals surface area (Å²) in [5, 5.41) is 7.30. The Morgan fingerprint density at radius 1 is 1.19 bits per heavy atom. The van der Waals surface area contributed by atoms with Gasteiger partial charge in [0.05, 0.1) is 5.41 Å². The molecule has 170 valence electrons. The molecule has 0 radical (unpaired) electrons. The van der Waals surface area contributed by atoms with E-state index in [1.807, 2.05) is 30.3 Å². The van der Waals surface area contributed by atoms with E-state index in [0.29, 0.717) is 16.7 Å². The Balaban J connectivity index is 1.38. The van der Waals surface area contributed by atoms with Gasteiger partial charge in [-0.3, -0.25) is 9.59 Å². The Bertz CT molecular complexity index is 1020. The third-order valence-corrected chi connectivity index (χ3v) is 8.45. The molecule has 0 spiro atoms. The van der Waals surface area contributed by atoms with Gasteiger partial charge in [-0.25, -0.2) is 0 Å². The molecule has 5 atom stereocenters. The van der Waals surface area contributed by atoms with Crippen molar-refractivity contribution in [1.29, 1.82) is 0 Å². The monoisotopic (exact) mass is 455 g/mol. The van der Waals surface area contributed by atoms with Crippen LogP contribution in [0.5, 0.6) is 5.88 Å². The molecule has 1 aromatic carbocycles. The Morgan fingerprint density at radius 2 is 1.94 bits per heavy atom. The van der Waals surface area contributed by atoms with Gasteiger partial charge in [0, 0.05) is 10.9 Å². The molecule has 7 nitrogen and oxygen atoms in total. The Morgan fingerprint density at radius 3 is 2.66 bits per heavy atom. The van der Waals surface area contributed by atoms with Crippen LogP contribution in [0.2, 0.25) is 0 Å². The molecular formula is C24H29N3O4S. The minimum Gasteiger partial charge on any atom is -0.474 e. The summed E-state index contributed by atoms with van der Waals surface area (Å²) in [5.41, 5.74) is 4.59. The predicted molar refractivity (Wildman–Crippen MR) is 119 cm³/mol. The molecule has 4 saturated carbocycles. The molecule has 4 fully saturated rings. The number of nitrogens with one attached hydrogen (secondary N) is 1. The number of primary amides is 1. The van der Waals surface area contributed by atoms with Gasteiger partial charge < -0.3 is 20.3 Å². The van der Waals surface area contributed by atoms with Crippen LogP contribution in [0.1, 0.15) is 50.1 Å². The van der Waals surface area contributed by atoms with Crippen LogP contribution >= 0.6 is 11.8 Å². The van der Waals surface area contributed by atoms with Gasteiger partial charge in [0.1, 0.15) is 11.5 Å². The maximum atomic E-state index is 13.3. The lowest BCUT2D eigenvalue weighted by Crippen LogP contribution is -2.44. The highest BCUT2D eigenvalue weighted by Crippen LogP contribution is 2.58. The van der Waals surface area contributed by atoms with Crippen molar-refractivity contribution in [2.24, 2.45) is 34.8 Å². The molecule has 4 aliphatic rings. The molecule has 1 heterocycles. The van der Waals surface area contributed by atoms with Crippen molar-refractivity contribution >= 4 is 23.6 Å². The molecule has 8 heteroatoms. The number of hydrogen-bond acceptors (Lipinski definition) is 6. The number of aromatic nitrogens is 1. The van der Waals surface area contributed by atoms with Crippen molar-refractivity contribution in [3.8, 4) is 5.88 Å². The lowest BCUT2D eigenvalue weighted by molar-refractivity contribution is -0.127. The highest BCUT2D eigenvalue weighted by Gasteiger charge is 2.54. The summed E-state index contributed by atoms with van der Waals surface area (Å²) in [6.45, 7) is 3.45. The first kappa shape index (κ1) is 21.4. The number of carbonyl (C=O) groups excluding carboxylic acids is 2. The number of nitrogens with zero attached hydrogens (tertiary/aromatic N) is 1. The Hall–Kier alpha value is -2.48. The second kappa shape index (κ2) is 8.14. The molecule has 4 aliphatic carbocycles. The number of amides is 2. The summed E-state index contributed by atoms with van der Waals surface area (Å²) in [4.78, 5) is 26.4. The van der Waals surface area contributed by atoms with Crippen LogP contribution in [0, 0.1) is 29.1 Å². The van der Waals surface area contributed by atoms with E-state index in [1.54, 1.807) is 13.8 Å². The molecular weight excluding hydrogens is 426 g/mol. The molecule has 3 N–H and O–H groups in total. The number of ether oxygens (including phenoxy) is 1. The summed E-state index contributed by atoms with van der Waals surface area (Å²) >= 11 is 1.36. The molecule has 2 aromatic rings. The van der Waals surface area contributed by atoms with Gasteiger partial charge in [0.2, 0.25) is 11.7 Å². The van der Waals surface area contributed by atoms with Gasteiger partial charge >= 0.3 is 0 Å². The predicted octanol–water partition coefficient (Wildman–Crippen LogP) is 3.88. The third-order valence-electron chi connectivity index (χ3n) is 7.38. The molecule has 2 amide bonds. The fraction of sp³-hybridized carbons (Fsp3) is 0.542. The fourth-order valence-corrected chi connectivity index (χ4v) is 6.63. The molecule has 1 aromatic heterocycles. The number of carbonyl (C=O) groups is 2. The fourth-order valence-electron chi connectivity index (χ4n) is 5.70. The van der Waals surface area contributed by atoms with Crippen LogP contribution in [0.3, 0.4) is 0 Å². The van der Waals surface area contributed by atoms with Gasteiger partial charge in [0.25, 0.3) is 11.8 Å². The summed E-state index contributed by atoms with van der Waals surface area (Å²) in [7, 11) is 0. The second-order valence-corrected chi connectivity index (χ2v) is 11.2. The topological polar surface area (TPSA) is 107 Å². The minimum absolute atomic E-state index is 0.0358. The first-order valence-corrected chi connectivity index (χ1v) is 12.1. The van der Waals surface area contributed by atoms with E-state index in [2.05, 4.69) is 10.5 Å². The van der Waals surface area contributed by atoms with Gasteiger partial charge in [-0.15, -0.1) is 0 Å². The summed E-state index contributed by atoms with van der Waals surface area (Å²) < 4.78 is 11.3. The van der Waals surface area contributed by atoms with Crippen molar-refractivity contribution in [3.63, 3.8) is 0 Å². The highest BCUT2D eigenvalue weighted by molar-refractivity contribution is 7.99. The second-order valence-electron chi connectivity index (χ2n) is 10.1. The van der Waals surface area contributed by atoms with E-state index in [9.17, 15) is 9.59 Å². The van der Waals surface area contributed by atoms with Gasteiger partial charge in [-0.05, 0) is 80.5 Å². The zero-order valence-electron chi connectivity index (χ0n) is 18.4. The van der Waals surface area contributed by atoms with E-state index in [1.165, 1.54) is 37.4 Å². The smallest absolute Gasteiger partial charge is 0.291 e. The lowest BCUT2D eigenvalue weighted by Gasteiger charge is -2.32. The van der Waals surface area contributed by atoms with Gasteiger partial charge in [-0.1, -0.05) is 30.0 Å². The van der Waals surface area contributed by atoms with Crippen LogP contribution in [-0.2, 0) is 4.79 Å². The minimum atomic E-state index is -0.877. The average molecular weight is 456 g/mol. The van der Waals surface area contributed by atoms with Gasteiger partial charge in [-0.2, -0.15) is 0 Å². The normalized spacial score (nSPS) is 28.1. The lowest BCUT2D eigenvalue weighted by atomic mass is 9.79. The van der Waals surface area contributed by atoms with Crippen LogP contribution in [0.25, 0.3) is 0 Å². The van der Waals surface area contributed by atoms with Crippen molar-refractivity contribution in [2.75, 3.05) is 6.61 Å². The van der Waals surface area contributed by atoms with Crippen molar-refractivity contribution < 1.29 is 18.8 Å². The van der Waals surface area contributed by atoms with Gasteiger partial charge in [0.15, 0.2) is 0 Å². The standard InChI is InChI=1S/C24H29N3O4S/c1-24(2,23(25)29)12-30-22-20(32-16-6-4-3-5-7-16)19(31-27-22)21(28)26-18-15-9-13-8-14(11-15)17(18)10-13/h3-7,13-15,17-18H,8-12H2,1-2H3,(H2,25,29)(H,26,28)/t13-,14?,15?,17?,18?/m0/s1. The van der Waals surface area contributed by atoms with E-state index in [4.69, 9.17) is 15.0 Å². The first-order valence-electron chi connectivity index (χ1n) is 11.3. The Kier molecular flexibility index (Phi) is 5.43. The van der Waals surface area contributed by atoms with Crippen molar-refractivity contribution in [2.45, 2.75) is 55.4 Å².